The maximum Gasteiger partial charge on any atom is 0.414 e. The number of hydrogen-bond donors (Lipinski definition) is 0. The molecule has 0 aliphatic heterocycles. The summed E-state index contributed by atoms with van der Waals surface area (Å²) in [6, 6.07) is 7.61. The molecule has 0 heterocycles. The van der Waals surface area contributed by atoms with Crippen LogP contribution in [0.3, 0.4) is 0 Å². The van der Waals surface area contributed by atoms with Gasteiger partial charge in [-0.25, -0.2) is 4.79 Å². The van der Waals surface area contributed by atoms with E-state index in [0.29, 0.717) is 13.2 Å². The Bertz CT molecular complexity index is 471. The molecular weight excluding hydrogens is 346 g/mol. The van der Waals surface area contributed by atoms with Gasteiger partial charge in [0.05, 0.1) is 13.2 Å². The van der Waals surface area contributed by atoms with Crippen molar-refractivity contribution >= 4 is 27.7 Å². The molecule has 0 bridgehead atoms. The number of amides is 1. The smallest absolute Gasteiger partial charge is 0.414 e. The van der Waals surface area contributed by atoms with Crippen LogP contribution in [0.25, 0.3) is 0 Å². The van der Waals surface area contributed by atoms with Crippen molar-refractivity contribution in [1.82, 2.24) is 0 Å². The highest BCUT2D eigenvalue weighted by atomic mass is 79.9. The normalized spacial score (nSPS) is 11.3. The van der Waals surface area contributed by atoms with E-state index in [9.17, 15) is 4.79 Å². The molecule has 0 N–H and O–H groups in total. The van der Waals surface area contributed by atoms with Crippen LogP contribution in [-0.4, -0.2) is 31.5 Å². The first-order chi connectivity index (χ1) is 10.3. The highest BCUT2D eigenvalue weighted by Gasteiger charge is 2.23. The van der Waals surface area contributed by atoms with Crippen molar-refractivity contribution in [2.24, 2.45) is 0 Å². The van der Waals surface area contributed by atoms with Crippen LogP contribution in [0.2, 0.25) is 0 Å². The molecule has 0 radical (unpaired) electrons. The fourth-order valence-corrected chi connectivity index (χ4v) is 2.18. The van der Waals surface area contributed by atoms with Crippen LogP contribution in [-0.2, 0) is 9.47 Å². The number of hydrogen-bond acceptors (Lipinski definition) is 3. The summed E-state index contributed by atoms with van der Waals surface area (Å²) < 4.78 is 12.0. The molecule has 1 amide bonds. The maximum atomic E-state index is 12.4. The van der Waals surface area contributed by atoms with Gasteiger partial charge in [-0.05, 0) is 45.4 Å². The molecule has 1 aromatic rings. The summed E-state index contributed by atoms with van der Waals surface area (Å²) in [6.07, 6.45) is 1.77. The van der Waals surface area contributed by atoms with Gasteiger partial charge >= 0.3 is 6.09 Å². The van der Waals surface area contributed by atoms with E-state index in [1.807, 2.05) is 45.0 Å². The average Bonchev–Trinajstić information content (AvgIpc) is 2.40. The van der Waals surface area contributed by atoms with Gasteiger partial charge in [0, 0.05) is 16.8 Å². The molecular formula is C17H26BrNO3. The predicted molar refractivity (Wildman–Crippen MR) is 93.4 cm³/mol. The SMILES string of the molecule is CCCCOCCN(C(=O)OC(C)(C)C)c1cccc(Br)c1. The molecule has 0 atom stereocenters. The molecule has 0 aliphatic rings. The molecule has 0 fully saturated rings. The third-order valence-corrected chi connectivity index (χ3v) is 3.33. The summed E-state index contributed by atoms with van der Waals surface area (Å²) in [6.45, 7) is 9.39. The molecule has 22 heavy (non-hydrogen) atoms. The first kappa shape index (κ1) is 19.0. The number of benzene rings is 1. The summed E-state index contributed by atoms with van der Waals surface area (Å²) in [5, 5.41) is 0. The molecule has 0 aliphatic carbocycles. The standard InChI is InChI=1S/C17H26BrNO3/c1-5-6-11-21-12-10-19(16(20)22-17(2,3)4)15-9-7-8-14(18)13-15/h7-9,13H,5-6,10-12H2,1-4H3. The Balaban J connectivity index is 2.74. The van der Waals surface area contributed by atoms with E-state index >= 15 is 0 Å². The van der Waals surface area contributed by atoms with Gasteiger partial charge in [-0.1, -0.05) is 35.3 Å². The van der Waals surface area contributed by atoms with Gasteiger partial charge in [0.2, 0.25) is 0 Å². The zero-order chi connectivity index (χ0) is 16.6. The van der Waals surface area contributed by atoms with Crippen LogP contribution in [0.5, 0.6) is 0 Å². The Morgan fingerprint density at radius 2 is 2.00 bits per heavy atom. The number of anilines is 1. The number of carbonyl (C=O) groups is 1. The van der Waals surface area contributed by atoms with Crippen molar-refractivity contribution in [3.8, 4) is 0 Å². The summed E-state index contributed by atoms with van der Waals surface area (Å²) >= 11 is 3.43. The highest BCUT2D eigenvalue weighted by Crippen LogP contribution is 2.22. The minimum atomic E-state index is -0.523. The van der Waals surface area contributed by atoms with Gasteiger partial charge < -0.3 is 9.47 Å². The second kappa shape index (κ2) is 9.16. The lowest BCUT2D eigenvalue weighted by atomic mass is 10.2. The zero-order valence-corrected chi connectivity index (χ0v) is 15.5. The molecule has 0 aromatic heterocycles. The minimum Gasteiger partial charge on any atom is -0.443 e. The van der Waals surface area contributed by atoms with Gasteiger partial charge in [0.25, 0.3) is 0 Å². The molecule has 5 heteroatoms. The van der Waals surface area contributed by atoms with Crippen molar-refractivity contribution in [3.05, 3.63) is 28.7 Å². The number of carbonyl (C=O) groups excluding carboxylic acids is 1. The Labute approximate surface area is 141 Å². The fraction of sp³-hybridized carbons (Fsp3) is 0.588. The third-order valence-electron chi connectivity index (χ3n) is 2.84. The molecule has 4 nitrogen and oxygen atoms in total. The van der Waals surface area contributed by atoms with Crippen molar-refractivity contribution in [3.63, 3.8) is 0 Å². The van der Waals surface area contributed by atoms with E-state index in [-0.39, 0.29) is 6.09 Å². The van der Waals surface area contributed by atoms with E-state index in [1.54, 1.807) is 4.90 Å². The zero-order valence-electron chi connectivity index (χ0n) is 13.9. The maximum absolute atomic E-state index is 12.4. The van der Waals surface area contributed by atoms with E-state index in [2.05, 4.69) is 22.9 Å². The largest absolute Gasteiger partial charge is 0.443 e. The number of unbranched alkanes of at least 4 members (excludes halogenated alkanes) is 1. The molecule has 124 valence electrons. The fourth-order valence-electron chi connectivity index (χ4n) is 1.79. The van der Waals surface area contributed by atoms with Gasteiger partial charge in [0.15, 0.2) is 0 Å². The number of halogens is 1. The van der Waals surface area contributed by atoms with Crippen LogP contribution in [0.1, 0.15) is 40.5 Å². The lowest BCUT2D eigenvalue weighted by Crippen LogP contribution is -2.39. The number of rotatable bonds is 7. The van der Waals surface area contributed by atoms with Gasteiger partial charge in [-0.15, -0.1) is 0 Å². The molecule has 0 saturated carbocycles. The second-order valence-corrected chi connectivity index (χ2v) is 6.99. The van der Waals surface area contributed by atoms with Crippen molar-refractivity contribution in [2.75, 3.05) is 24.7 Å². The van der Waals surface area contributed by atoms with Crippen molar-refractivity contribution < 1.29 is 14.3 Å². The lowest BCUT2D eigenvalue weighted by molar-refractivity contribution is 0.0560. The quantitative estimate of drug-likeness (QED) is 0.632. The molecule has 0 spiro atoms. The van der Waals surface area contributed by atoms with Crippen molar-refractivity contribution in [1.29, 1.82) is 0 Å². The summed E-state index contributed by atoms with van der Waals surface area (Å²) in [5.74, 6) is 0. The summed E-state index contributed by atoms with van der Waals surface area (Å²) in [7, 11) is 0. The molecule has 1 aromatic carbocycles. The van der Waals surface area contributed by atoms with Crippen LogP contribution in [0.15, 0.2) is 28.7 Å². The third kappa shape index (κ3) is 7.27. The van der Waals surface area contributed by atoms with E-state index in [4.69, 9.17) is 9.47 Å². The van der Waals surface area contributed by atoms with E-state index in [0.717, 1.165) is 29.6 Å². The van der Waals surface area contributed by atoms with Crippen LogP contribution in [0.4, 0.5) is 10.5 Å². The summed E-state index contributed by atoms with van der Waals surface area (Å²) in [5.41, 5.74) is 0.271. The Hall–Kier alpha value is -1.07. The Morgan fingerprint density at radius 1 is 1.27 bits per heavy atom. The highest BCUT2D eigenvalue weighted by molar-refractivity contribution is 9.10. The van der Waals surface area contributed by atoms with E-state index in [1.165, 1.54) is 0 Å². The van der Waals surface area contributed by atoms with Gasteiger partial charge in [-0.3, -0.25) is 4.90 Å². The van der Waals surface area contributed by atoms with Crippen LogP contribution in [0, 0.1) is 0 Å². The Kier molecular flexibility index (Phi) is 7.90. The molecule has 0 saturated heterocycles. The average molecular weight is 372 g/mol. The van der Waals surface area contributed by atoms with E-state index < -0.39 is 5.60 Å². The van der Waals surface area contributed by atoms with Crippen LogP contribution >= 0.6 is 15.9 Å². The molecule has 0 unspecified atom stereocenters. The topological polar surface area (TPSA) is 38.8 Å². The van der Waals surface area contributed by atoms with Crippen LogP contribution < -0.4 is 4.90 Å². The number of ether oxygens (including phenoxy) is 2. The van der Waals surface area contributed by atoms with Gasteiger partial charge in [0.1, 0.15) is 5.60 Å². The first-order valence-corrected chi connectivity index (χ1v) is 8.46. The lowest BCUT2D eigenvalue weighted by Gasteiger charge is -2.27. The summed E-state index contributed by atoms with van der Waals surface area (Å²) in [4.78, 5) is 14.0. The van der Waals surface area contributed by atoms with Gasteiger partial charge in [-0.2, -0.15) is 0 Å². The minimum absolute atomic E-state index is 0.357. The van der Waals surface area contributed by atoms with Crippen molar-refractivity contribution in [2.45, 2.75) is 46.1 Å². The Morgan fingerprint density at radius 3 is 2.59 bits per heavy atom. The first-order valence-electron chi connectivity index (χ1n) is 7.67. The monoisotopic (exact) mass is 371 g/mol. The number of nitrogens with zero attached hydrogens (tertiary/aromatic N) is 1. The predicted octanol–water partition coefficient (Wildman–Crippen LogP) is 5.01. The second-order valence-electron chi connectivity index (χ2n) is 6.08. The molecule has 1 rings (SSSR count).